The van der Waals surface area contributed by atoms with Gasteiger partial charge in [0.1, 0.15) is 23.1 Å². The molecule has 0 aliphatic heterocycles. The molecule has 2 atom stereocenters. The third-order valence-electron chi connectivity index (χ3n) is 6.65. The van der Waals surface area contributed by atoms with Crippen LogP contribution in [0.15, 0.2) is 16.9 Å². The molecule has 1 fully saturated rings. The summed E-state index contributed by atoms with van der Waals surface area (Å²) in [7, 11) is 1.61. The highest BCUT2D eigenvalue weighted by Crippen LogP contribution is 2.29. The van der Waals surface area contributed by atoms with Gasteiger partial charge < -0.3 is 10.1 Å². The average Bonchev–Trinajstić information content (AvgIpc) is 3.09. The average molecular weight is 461 g/mol. The molecule has 1 N–H and O–H groups in total. The van der Waals surface area contributed by atoms with E-state index in [9.17, 15) is 9.59 Å². The Kier molecular flexibility index (Phi) is 8.32. The van der Waals surface area contributed by atoms with Gasteiger partial charge in [-0.05, 0) is 45.1 Å². The summed E-state index contributed by atoms with van der Waals surface area (Å²) in [5.74, 6) is 0.180. The number of hydrogen-bond donors (Lipinski definition) is 1. The zero-order valence-electron chi connectivity index (χ0n) is 20.5. The van der Waals surface area contributed by atoms with Gasteiger partial charge in [-0.1, -0.05) is 39.5 Å². The summed E-state index contributed by atoms with van der Waals surface area (Å²) in [6, 6.07) is 2.58. The summed E-state index contributed by atoms with van der Waals surface area (Å²) in [5.41, 5.74) is -0.325. The van der Waals surface area contributed by atoms with E-state index in [2.05, 4.69) is 17.3 Å². The lowest BCUT2D eigenvalue weighted by Gasteiger charge is -2.28. The number of aryl methyl sites for hydroxylation is 1. The maximum absolute atomic E-state index is 15.2. The second-order valence-electron chi connectivity index (χ2n) is 9.20. The molecular formula is C25H37FN4O3. The van der Waals surface area contributed by atoms with Gasteiger partial charge >= 0.3 is 5.69 Å². The van der Waals surface area contributed by atoms with E-state index in [0.29, 0.717) is 18.2 Å². The van der Waals surface area contributed by atoms with Crippen molar-refractivity contribution in [3.63, 3.8) is 0 Å². The number of amides is 1. The number of nitrogens with zero attached hydrogens (tertiary/aromatic N) is 3. The Bertz CT molecular complexity index is 1020. The molecule has 0 spiro atoms. The highest BCUT2D eigenvalue weighted by Gasteiger charge is 2.26. The fraction of sp³-hybridized carbons (Fsp3) is 0.640. The lowest BCUT2D eigenvalue weighted by Crippen LogP contribution is -2.39. The maximum Gasteiger partial charge on any atom is 0.350 e. The number of aromatic nitrogens is 3. The Morgan fingerprint density at radius 1 is 1.24 bits per heavy atom. The van der Waals surface area contributed by atoms with Crippen LogP contribution in [-0.4, -0.2) is 32.4 Å². The largest absolute Gasteiger partial charge is 0.490 e. The van der Waals surface area contributed by atoms with Crippen LogP contribution < -0.4 is 15.7 Å². The third-order valence-corrected chi connectivity index (χ3v) is 6.65. The van der Waals surface area contributed by atoms with Crippen LogP contribution in [0.3, 0.4) is 0 Å². The van der Waals surface area contributed by atoms with E-state index in [0.717, 1.165) is 30.4 Å². The van der Waals surface area contributed by atoms with E-state index < -0.39 is 11.5 Å². The summed E-state index contributed by atoms with van der Waals surface area (Å²) in [6.07, 6.45) is 7.85. The van der Waals surface area contributed by atoms with Gasteiger partial charge in [0, 0.05) is 25.6 Å². The van der Waals surface area contributed by atoms with Crippen molar-refractivity contribution < 1.29 is 13.9 Å². The van der Waals surface area contributed by atoms with E-state index in [4.69, 9.17) is 4.74 Å². The summed E-state index contributed by atoms with van der Waals surface area (Å²) in [4.78, 5) is 25.8. The van der Waals surface area contributed by atoms with Crippen molar-refractivity contribution in [2.75, 3.05) is 0 Å². The van der Waals surface area contributed by atoms with Crippen molar-refractivity contribution in [2.24, 2.45) is 13.0 Å². The molecule has 1 heterocycles. The number of carbonyl (C=O) groups excluding carboxylic acids is 1. The van der Waals surface area contributed by atoms with Crippen LogP contribution >= 0.6 is 0 Å². The zero-order chi connectivity index (χ0) is 24.1. The van der Waals surface area contributed by atoms with Crippen molar-refractivity contribution in [3.05, 3.63) is 39.8 Å². The molecule has 0 bridgehead atoms. The SMILES string of the molecule is CCC[C@H](C)Oc1cc(-n2nc(CC)n(C)c2=O)c(F)cc1C(=O)NC(C)C1CCCCC1. The molecule has 1 unspecified atom stereocenters. The normalized spacial score (nSPS) is 16.4. The first-order valence-electron chi connectivity index (χ1n) is 12.2. The lowest BCUT2D eigenvalue weighted by molar-refractivity contribution is 0.0911. The van der Waals surface area contributed by atoms with Gasteiger partial charge in [-0.25, -0.2) is 9.18 Å². The second kappa shape index (κ2) is 11.0. The smallest absolute Gasteiger partial charge is 0.350 e. The highest BCUT2D eigenvalue weighted by molar-refractivity contribution is 5.97. The van der Waals surface area contributed by atoms with Crippen LogP contribution in [0, 0.1) is 11.7 Å². The molecule has 3 rings (SSSR count). The predicted octanol–water partition coefficient (Wildman–Crippen LogP) is 4.54. The second-order valence-corrected chi connectivity index (χ2v) is 9.20. The predicted molar refractivity (Wildman–Crippen MR) is 127 cm³/mol. The molecule has 182 valence electrons. The number of carbonyl (C=O) groups is 1. The molecule has 33 heavy (non-hydrogen) atoms. The molecule has 7 nitrogen and oxygen atoms in total. The third kappa shape index (κ3) is 5.65. The minimum atomic E-state index is -0.691. The Labute approximate surface area is 195 Å². The number of halogens is 1. The Morgan fingerprint density at radius 2 is 1.94 bits per heavy atom. The van der Waals surface area contributed by atoms with Gasteiger partial charge in [-0.3, -0.25) is 9.36 Å². The van der Waals surface area contributed by atoms with E-state index in [1.807, 2.05) is 20.8 Å². The van der Waals surface area contributed by atoms with Crippen LogP contribution in [0.5, 0.6) is 5.75 Å². The fourth-order valence-corrected chi connectivity index (χ4v) is 4.64. The van der Waals surface area contributed by atoms with Crippen LogP contribution in [0.2, 0.25) is 0 Å². The first kappa shape index (κ1) is 25.0. The topological polar surface area (TPSA) is 78.2 Å². The summed E-state index contributed by atoms with van der Waals surface area (Å²) in [5, 5.41) is 7.33. The first-order valence-corrected chi connectivity index (χ1v) is 12.2. The molecule has 1 aromatic heterocycles. The molecular weight excluding hydrogens is 423 g/mol. The van der Waals surface area contributed by atoms with Crippen LogP contribution in [0.25, 0.3) is 5.69 Å². The maximum atomic E-state index is 15.2. The number of ether oxygens (including phenoxy) is 1. The standard InChI is InChI=1S/C25H37FN4O3/c1-6-11-16(3)33-22-15-21(30-25(32)29(5)23(7-2)28-30)20(26)14-19(22)24(31)27-17(4)18-12-9-8-10-13-18/h14-18H,6-13H2,1-5H3,(H,27,31)/t16-,17?/m0/s1. The minimum Gasteiger partial charge on any atom is -0.490 e. The lowest BCUT2D eigenvalue weighted by atomic mass is 9.84. The van der Waals surface area contributed by atoms with E-state index in [1.165, 1.54) is 36.0 Å². The Balaban J connectivity index is 1.97. The van der Waals surface area contributed by atoms with E-state index in [1.54, 1.807) is 7.05 Å². The van der Waals surface area contributed by atoms with Crippen molar-refractivity contribution >= 4 is 5.91 Å². The zero-order valence-corrected chi connectivity index (χ0v) is 20.5. The Hall–Kier alpha value is -2.64. The number of rotatable bonds is 9. The first-order chi connectivity index (χ1) is 15.8. The minimum absolute atomic E-state index is 0.00743. The van der Waals surface area contributed by atoms with E-state index in [-0.39, 0.29) is 35.1 Å². The van der Waals surface area contributed by atoms with Gasteiger partial charge in [0.2, 0.25) is 0 Å². The Morgan fingerprint density at radius 3 is 2.55 bits per heavy atom. The number of benzene rings is 1. The quantitative estimate of drug-likeness (QED) is 0.596. The molecule has 1 aliphatic carbocycles. The van der Waals surface area contributed by atoms with Gasteiger partial charge in [0.05, 0.1) is 11.7 Å². The van der Waals surface area contributed by atoms with Crippen LogP contribution in [-0.2, 0) is 13.5 Å². The molecule has 0 saturated heterocycles. The van der Waals surface area contributed by atoms with Crippen molar-refractivity contribution in [1.82, 2.24) is 19.7 Å². The van der Waals surface area contributed by atoms with Crippen molar-refractivity contribution in [3.8, 4) is 11.4 Å². The molecule has 1 aliphatic rings. The molecule has 2 aromatic rings. The van der Waals surface area contributed by atoms with Crippen LogP contribution in [0.1, 0.15) is 88.8 Å². The molecule has 8 heteroatoms. The molecule has 1 amide bonds. The molecule has 1 saturated carbocycles. The fourth-order valence-electron chi connectivity index (χ4n) is 4.64. The summed E-state index contributed by atoms with van der Waals surface area (Å²) in [6.45, 7) is 7.86. The van der Waals surface area contributed by atoms with Gasteiger partial charge in [0.15, 0.2) is 0 Å². The van der Waals surface area contributed by atoms with Crippen molar-refractivity contribution in [2.45, 2.75) is 91.2 Å². The van der Waals surface area contributed by atoms with Gasteiger partial charge in [-0.15, -0.1) is 5.10 Å². The van der Waals surface area contributed by atoms with Crippen molar-refractivity contribution in [1.29, 1.82) is 0 Å². The monoisotopic (exact) mass is 460 g/mol. The summed E-state index contributed by atoms with van der Waals surface area (Å²) < 4.78 is 23.7. The van der Waals surface area contributed by atoms with Gasteiger partial charge in [0.25, 0.3) is 5.91 Å². The van der Waals surface area contributed by atoms with E-state index >= 15 is 4.39 Å². The molecule has 0 radical (unpaired) electrons. The molecule has 1 aromatic carbocycles. The van der Waals surface area contributed by atoms with Gasteiger partial charge in [-0.2, -0.15) is 4.68 Å². The number of hydrogen-bond acceptors (Lipinski definition) is 4. The summed E-state index contributed by atoms with van der Waals surface area (Å²) >= 11 is 0. The van der Waals surface area contributed by atoms with Crippen LogP contribution in [0.4, 0.5) is 4.39 Å². The number of nitrogens with one attached hydrogen (secondary N) is 1. The highest BCUT2D eigenvalue weighted by atomic mass is 19.1.